The van der Waals surface area contributed by atoms with Crippen LogP contribution in [0.15, 0.2) is 47.7 Å². The molecule has 1 N–H and O–H groups in total. The lowest BCUT2D eigenvalue weighted by molar-refractivity contribution is -0.118. The standard InChI is InChI=1S/C25H27N3O4/c1-25(2)12-16-22(18(29)13-25)23(14-10-20(31-4)21(32-5)11-19(14)30-3)28-17-9-7-6-8-15(17)26-24(28)27-16/h6-11,23H,12-13H2,1-5H3,(H,26,27)/t23-/m0/s1. The minimum absolute atomic E-state index is 0.122. The van der Waals surface area contributed by atoms with E-state index in [4.69, 9.17) is 19.2 Å². The van der Waals surface area contributed by atoms with Gasteiger partial charge in [0, 0.05) is 29.3 Å². The van der Waals surface area contributed by atoms with Crippen LogP contribution in [0.1, 0.15) is 38.3 Å². The highest BCUT2D eigenvalue weighted by Crippen LogP contribution is 2.50. The second-order valence-corrected chi connectivity index (χ2v) is 9.10. The summed E-state index contributed by atoms with van der Waals surface area (Å²) in [6.07, 6.45) is 1.25. The predicted molar refractivity (Wildman–Crippen MR) is 123 cm³/mol. The molecule has 2 aliphatic rings. The molecule has 0 saturated heterocycles. The molecule has 1 aliphatic carbocycles. The summed E-state index contributed by atoms with van der Waals surface area (Å²) in [6, 6.07) is 11.3. The number of hydrogen-bond acceptors (Lipinski definition) is 6. The number of ketones is 1. The largest absolute Gasteiger partial charge is 0.496 e. The molecule has 0 unspecified atom stereocenters. The Bertz CT molecular complexity index is 1270. The van der Waals surface area contributed by atoms with Crippen molar-refractivity contribution in [3.05, 3.63) is 53.2 Å². The number of nitrogens with zero attached hydrogens (tertiary/aromatic N) is 2. The van der Waals surface area contributed by atoms with Crippen LogP contribution < -0.4 is 19.5 Å². The number of rotatable bonds is 4. The molecule has 0 bridgehead atoms. The molecule has 5 rings (SSSR count). The van der Waals surface area contributed by atoms with E-state index in [2.05, 4.69) is 23.7 Å². The Morgan fingerprint density at radius 3 is 2.41 bits per heavy atom. The topological polar surface area (TPSA) is 74.6 Å². The molecule has 0 spiro atoms. The zero-order valence-electron chi connectivity index (χ0n) is 19.0. The normalized spacial score (nSPS) is 19.3. The third-order valence-corrected chi connectivity index (χ3v) is 6.34. The van der Waals surface area contributed by atoms with Gasteiger partial charge in [-0.15, -0.1) is 0 Å². The van der Waals surface area contributed by atoms with Crippen molar-refractivity contribution >= 4 is 22.8 Å². The van der Waals surface area contributed by atoms with E-state index in [0.717, 1.165) is 40.2 Å². The summed E-state index contributed by atoms with van der Waals surface area (Å²) in [6.45, 7) is 4.25. The molecule has 7 heteroatoms. The number of Topliss-reactive ketones (excluding diaryl/α,β-unsaturated/α-hetero) is 1. The van der Waals surface area contributed by atoms with Crippen LogP contribution in [0.5, 0.6) is 17.2 Å². The molecule has 0 radical (unpaired) electrons. The Kier molecular flexibility index (Phi) is 4.65. The summed E-state index contributed by atoms with van der Waals surface area (Å²) < 4.78 is 19.0. The van der Waals surface area contributed by atoms with Crippen molar-refractivity contribution < 1.29 is 19.0 Å². The van der Waals surface area contributed by atoms with Gasteiger partial charge in [0.05, 0.1) is 38.4 Å². The zero-order chi connectivity index (χ0) is 22.6. The van der Waals surface area contributed by atoms with E-state index in [0.29, 0.717) is 23.7 Å². The van der Waals surface area contributed by atoms with Crippen LogP contribution in [0, 0.1) is 5.41 Å². The summed E-state index contributed by atoms with van der Waals surface area (Å²) in [5.74, 6) is 2.63. The molecule has 1 atom stereocenters. The van der Waals surface area contributed by atoms with Crippen LogP contribution in [-0.4, -0.2) is 36.7 Å². The number of anilines is 1. The number of fused-ring (bicyclic) bond motifs is 3. The van der Waals surface area contributed by atoms with Crippen molar-refractivity contribution in [1.82, 2.24) is 9.55 Å². The van der Waals surface area contributed by atoms with E-state index >= 15 is 0 Å². The number of carbonyl (C=O) groups is 1. The number of aromatic nitrogens is 2. The molecule has 7 nitrogen and oxygen atoms in total. The lowest BCUT2D eigenvalue weighted by atomic mass is 9.73. The van der Waals surface area contributed by atoms with Gasteiger partial charge in [-0.1, -0.05) is 26.0 Å². The van der Waals surface area contributed by atoms with Gasteiger partial charge in [0.1, 0.15) is 5.75 Å². The van der Waals surface area contributed by atoms with E-state index < -0.39 is 6.04 Å². The number of hydrogen-bond donors (Lipinski definition) is 1. The Hall–Kier alpha value is -3.48. The summed E-state index contributed by atoms with van der Waals surface area (Å²) in [7, 11) is 4.82. The lowest BCUT2D eigenvalue weighted by Gasteiger charge is -2.39. The number of para-hydroxylation sites is 2. The van der Waals surface area contributed by atoms with Crippen molar-refractivity contribution in [1.29, 1.82) is 0 Å². The van der Waals surface area contributed by atoms with Gasteiger partial charge in [0.15, 0.2) is 17.3 Å². The number of allylic oxidation sites excluding steroid dienone is 2. The van der Waals surface area contributed by atoms with E-state index in [1.807, 2.05) is 36.4 Å². The fourth-order valence-electron chi connectivity index (χ4n) is 4.98. The first-order valence-corrected chi connectivity index (χ1v) is 10.7. The molecule has 32 heavy (non-hydrogen) atoms. The first-order chi connectivity index (χ1) is 15.4. The first-order valence-electron chi connectivity index (χ1n) is 10.7. The molecule has 1 aliphatic heterocycles. The smallest absolute Gasteiger partial charge is 0.209 e. The predicted octanol–water partition coefficient (Wildman–Crippen LogP) is 4.72. The molecule has 1 aromatic heterocycles. The average molecular weight is 434 g/mol. The third kappa shape index (κ3) is 3.03. The molecule has 166 valence electrons. The van der Waals surface area contributed by atoms with Gasteiger partial charge < -0.3 is 19.5 Å². The Balaban J connectivity index is 1.83. The zero-order valence-corrected chi connectivity index (χ0v) is 19.0. The number of imidazole rings is 1. The van der Waals surface area contributed by atoms with Crippen LogP contribution in [0.2, 0.25) is 0 Å². The van der Waals surface area contributed by atoms with Crippen molar-refractivity contribution in [2.45, 2.75) is 32.7 Å². The fraction of sp³-hybridized carbons (Fsp3) is 0.360. The highest BCUT2D eigenvalue weighted by atomic mass is 16.5. The van der Waals surface area contributed by atoms with Crippen LogP contribution >= 0.6 is 0 Å². The molecule has 2 aromatic carbocycles. The van der Waals surface area contributed by atoms with Crippen molar-refractivity contribution in [3.63, 3.8) is 0 Å². The number of carbonyl (C=O) groups excluding carboxylic acids is 1. The SMILES string of the molecule is COc1cc(OC)c([C@H]2C3=C(CC(C)(C)CC3=O)Nc3nc4ccccc4n32)cc1OC. The van der Waals surface area contributed by atoms with Gasteiger partial charge in [-0.25, -0.2) is 4.98 Å². The maximum atomic E-state index is 13.5. The molecule has 0 amide bonds. The van der Waals surface area contributed by atoms with Crippen LogP contribution in [-0.2, 0) is 4.79 Å². The van der Waals surface area contributed by atoms with E-state index in [9.17, 15) is 4.79 Å². The van der Waals surface area contributed by atoms with Gasteiger partial charge in [0.2, 0.25) is 5.95 Å². The Morgan fingerprint density at radius 1 is 1.00 bits per heavy atom. The van der Waals surface area contributed by atoms with Crippen LogP contribution in [0.25, 0.3) is 11.0 Å². The third-order valence-electron chi connectivity index (χ3n) is 6.34. The highest BCUT2D eigenvalue weighted by molar-refractivity contribution is 6.01. The second-order valence-electron chi connectivity index (χ2n) is 9.10. The Labute approximate surface area is 187 Å². The maximum Gasteiger partial charge on any atom is 0.209 e. The molecule has 0 fully saturated rings. The van der Waals surface area contributed by atoms with E-state index in [-0.39, 0.29) is 11.2 Å². The summed E-state index contributed by atoms with van der Waals surface area (Å²) in [5, 5.41) is 3.48. The minimum atomic E-state index is -0.396. The van der Waals surface area contributed by atoms with Gasteiger partial charge in [-0.3, -0.25) is 9.36 Å². The molecular formula is C25H27N3O4. The number of nitrogens with one attached hydrogen (secondary N) is 1. The van der Waals surface area contributed by atoms with Gasteiger partial charge in [-0.05, 0) is 30.0 Å². The maximum absolute atomic E-state index is 13.5. The lowest BCUT2D eigenvalue weighted by Crippen LogP contribution is -2.36. The summed E-state index contributed by atoms with van der Waals surface area (Å²) >= 11 is 0. The van der Waals surface area contributed by atoms with Gasteiger partial charge >= 0.3 is 0 Å². The number of methoxy groups -OCH3 is 3. The molecule has 0 saturated carbocycles. The molecule has 3 aromatic rings. The molecular weight excluding hydrogens is 406 g/mol. The van der Waals surface area contributed by atoms with Crippen LogP contribution in [0.3, 0.4) is 0 Å². The van der Waals surface area contributed by atoms with Crippen molar-refractivity contribution in [2.24, 2.45) is 5.41 Å². The summed E-state index contributed by atoms with van der Waals surface area (Å²) in [4.78, 5) is 18.4. The quantitative estimate of drug-likeness (QED) is 0.642. The second kappa shape index (κ2) is 7.29. The fourth-order valence-corrected chi connectivity index (χ4v) is 4.98. The number of ether oxygens (including phenoxy) is 3. The monoisotopic (exact) mass is 433 g/mol. The average Bonchev–Trinajstić information content (AvgIpc) is 3.13. The van der Waals surface area contributed by atoms with Gasteiger partial charge in [0.25, 0.3) is 0 Å². The van der Waals surface area contributed by atoms with Crippen molar-refractivity contribution in [3.8, 4) is 17.2 Å². The van der Waals surface area contributed by atoms with Crippen LogP contribution in [0.4, 0.5) is 5.95 Å². The highest BCUT2D eigenvalue weighted by Gasteiger charge is 2.42. The van der Waals surface area contributed by atoms with E-state index in [1.54, 1.807) is 21.3 Å². The molecule has 2 heterocycles. The minimum Gasteiger partial charge on any atom is -0.496 e. The van der Waals surface area contributed by atoms with Crippen molar-refractivity contribution in [2.75, 3.05) is 26.6 Å². The first kappa shape index (κ1) is 20.4. The Morgan fingerprint density at radius 2 is 1.69 bits per heavy atom. The van der Waals surface area contributed by atoms with Gasteiger partial charge in [-0.2, -0.15) is 0 Å². The number of benzene rings is 2. The summed E-state index contributed by atoms with van der Waals surface area (Å²) in [5.41, 5.74) is 4.20. The van der Waals surface area contributed by atoms with E-state index in [1.165, 1.54) is 0 Å².